The first-order chi connectivity index (χ1) is 30.5. The van der Waals surface area contributed by atoms with Crippen LogP contribution < -0.4 is 4.40 Å². The van der Waals surface area contributed by atoms with Gasteiger partial charge in [0.05, 0.1) is 22.4 Å². The smallest absolute Gasteiger partial charge is 0 e. The molecule has 0 atom stereocenters. The summed E-state index contributed by atoms with van der Waals surface area (Å²) >= 11 is -1.89. The molecule has 5 aromatic carbocycles. The third-order valence-electron chi connectivity index (χ3n) is 12.7. The number of benzene rings is 5. The zero-order valence-electron chi connectivity index (χ0n) is 38.2. The molecule has 1 fully saturated rings. The van der Waals surface area contributed by atoms with Gasteiger partial charge in [0.15, 0.2) is 0 Å². The summed E-state index contributed by atoms with van der Waals surface area (Å²) in [5, 5.41) is 2.03. The van der Waals surface area contributed by atoms with E-state index in [2.05, 4.69) is 171 Å². The van der Waals surface area contributed by atoms with E-state index in [-0.39, 0.29) is 20.1 Å². The predicted molar refractivity (Wildman–Crippen MR) is 266 cm³/mol. The topological polar surface area (TPSA) is 56.7 Å². The van der Waals surface area contributed by atoms with Crippen LogP contribution in [0.4, 0.5) is 0 Å². The van der Waals surface area contributed by atoms with E-state index in [1.54, 1.807) is 9.96 Å². The Bertz CT molecular complexity index is 3010. The zero-order chi connectivity index (χ0) is 43.7. The second-order valence-electron chi connectivity index (χ2n) is 19.0. The molecule has 1 aliphatic carbocycles. The number of para-hydroxylation sites is 2. The Morgan fingerprint density at radius 3 is 2.22 bits per heavy atom. The maximum Gasteiger partial charge on any atom is 0 e. The van der Waals surface area contributed by atoms with Crippen molar-refractivity contribution >= 4 is 50.8 Å². The SMILES string of the molecule is CC(C)c1ccc2c(n1)oc1c[c-]c(-c3nc4ccccc4n3-c3ccc(-c4ccccc4)cc3C(C)C)cc12.[CH3][Ge]([CH3])([CH3])[c]1cnc(-c2[c-]cccc2)cc1CC1CCCCC1.[Ir]. The van der Waals surface area contributed by atoms with Gasteiger partial charge < -0.3 is 8.98 Å². The van der Waals surface area contributed by atoms with Gasteiger partial charge in [0.25, 0.3) is 0 Å². The van der Waals surface area contributed by atoms with Gasteiger partial charge in [-0.25, -0.2) is 4.98 Å². The molecule has 9 aromatic rings. The van der Waals surface area contributed by atoms with Gasteiger partial charge in [-0.2, -0.15) is 0 Å². The van der Waals surface area contributed by atoms with Gasteiger partial charge in [0.1, 0.15) is 0 Å². The average molecular weight is 1080 g/mol. The summed E-state index contributed by atoms with van der Waals surface area (Å²) in [6.07, 6.45) is 10.5. The number of hydrogen-bond donors (Lipinski definition) is 0. The van der Waals surface area contributed by atoms with Crippen molar-refractivity contribution < 1.29 is 24.5 Å². The molecule has 1 saturated carbocycles. The fourth-order valence-electron chi connectivity index (χ4n) is 9.29. The molecule has 5 nitrogen and oxygen atoms in total. The first-order valence-corrected chi connectivity index (χ1v) is 30.2. The van der Waals surface area contributed by atoms with Crippen LogP contribution in [0.1, 0.15) is 88.5 Å². The largest absolute Gasteiger partial charge is 0 e. The van der Waals surface area contributed by atoms with E-state index in [0.717, 1.165) is 67.3 Å². The van der Waals surface area contributed by atoms with Gasteiger partial charge in [-0.3, -0.25) is 4.98 Å². The molecule has 0 N–H and O–H groups in total. The van der Waals surface area contributed by atoms with E-state index in [1.165, 1.54) is 55.2 Å². The normalized spacial score (nSPS) is 13.4. The molecule has 0 spiro atoms. The molecule has 327 valence electrons. The van der Waals surface area contributed by atoms with Crippen molar-refractivity contribution in [3.8, 4) is 39.5 Å². The van der Waals surface area contributed by atoms with E-state index < -0.39 is 13.3 Å². The number of hydrogen-bond acceptors (Lipinski definition) is 4. The molecule has 7 heteroatoms. The molecule has 4 heterocycles. The number of rotatable bonds is 9. The fraction of sp³-hybridized carbons (Fsp3) is 0.281. The molecule has 64 heavy (non-hydrogen) atoms. The van der Waals surface area contributed by atoms with E-state index in [0.29, 0.717) is 17.5 Å². The maximum atomic E-state index is 6.14. The minimum absolute atomic E-state index is 0. The summed E-state index contributed by atoms with van der Waals surface area (Å²) in [4.78, 5) is 14.7. The van der Waals surface area contributed by atoms with Crippen molar-refractivity contribution in [2.24, 2.45) is 5.92 Å². The van der Waals surface area contributed by atoms with Crippen molar-refractivity contribution in [2.45, 2.75) is 95.3 Å². The summed E-state index contributed by atoms with van der Waals surface area (Å²) in [6, 6.07) is 51.3. The predicted octanol–water partition coefficient (Wildman–Crippen LogP) is 14.9. The van der Waals surface area contributed by atoms with Gasteiger partial charge in [-0.1, -0.05) is 81.6 Å². The van der Waals surface area contributed by atoms with Crippen LogP contribution in [-0.4, -0.2) is 32.8 Å². The maximum absolute atomic E-state index is 6.14. The third kappa shape index (κ3) is 9.61. The summed E-state index contributed by atoms with van der Waals surface area (Å²) < 4.78 is 10.0. The molecular weight excluding hydrogens is 1020 g/mol. The number of aromatic nitrogens is 4. The van der Waals surface area contributed by atoms with Crippen molar-refractivity contribution in [2.75, 3.05) is 0 Å². The first kappa shape index (κ1) is 45.4. The first-order valence-electron chi connectivity index (χ1n) is 22.9. The summed E-state index contributed by atoms with van der Waals surface area (Å²) in [5.74, 6) is 9.84. The van der Waals surface area contributed by atoms with Gasteiger partial charge in [0, 0.05) is 36.9 Å². The number of furan rings is 1. The zero-order valence-corrected chi connectivity index (χ0v) is 42.7. The van der Waals surface area contributed by atoms with Crippen molar-refractivity contribution in [3.05, 3.63) is 163 Å². The molecule has 0 saturated heterocycles. The second kappa shape index (κ2) is 19.5. The van der Waals surface area contributed by atoms with E-state index in [4.69, 9.17) is 19.4 Å². The van der Waals surface area contributed by atoms with Crippen molar-refractivity contribution in [1.82, 2.24) is 19.5 Å². The van der Waals surface area contributed by atoms with Crippen LogP contribution in [0.15, 0.2) is 138 Å². The van der Waals surface area contributed by atoms with Crippen molar-refractivity contribution in [3.63, 3.8) is 0 Å². The van der Waals surface area contributed by atoms with E-state index >= 15 is 0 Å². The van der Waals surface area contributed by atoms with Gasteiger partial charge in [0.2, 0.25) is 5.71 Å². The molecular formula is C57H58GeIrN4O-2. The summed E-state index contributed by atoms with van der Waals surface area (Å²) in [5.41, 5.74) is 14.0. The van der Waals surface area contributed by atoms with Crippen LogP contribution in [0.25, 0.3) is 72.6 Å². The number of pyridine rings is 2. The van der Waals surface area contributed by atoms with Gasteiger partial charge in [-0.15, -0.1) is 23.8 Å². The molecule has 1 radical (unpaired) electrons. The number of imidazole rings is 1. The van der Waals surface area contributed by atoms with E-state index in [9.17, 15) is 0 Å². The Hall–Kier alpha value is -5.14. The molecule has 10 rings (SSSR count). The molecule has 0 bridgehead atoms. The fourth-order valence-corrected chi connectivity index (χ4v) is 12.6. The van der Waals surface area contributed by atoms with Gasteiger partial charge >= 0.3 is 144 Å². The van der Waals surface area contributed by atoms with Crippen LogP contribution >= 0.6 is 0 Å². The Morgan fingerprint density at radius 1 is 0.719 bits per heavy atom. The summed E-state index contributed by atoms with van der Waals surface area (Å²) in [6.45, 7) is 8.79. The molecule has 4 aromatic heterocycles. The molecule has 0 unspecified atom stereocenters. The Balaban J connectivity index is 0.000000199. The van der Waals surface area contributed by atoms with E-state index in [1.807, 2.05) is 24.3 Å². The standard InChI is InChI=1S/C36H30N3O.C21H28GeN.Ir/c1-22(2)28-20-25(24-10-6-5-7-11-24)14-18-32(28)39-33-13-9-8-12-31(33)37-35(39)26-15-19-34-29(21-26)27-16-17-30(23(3)4)38-36(27)40-34;1-22(2,3)20-16-23-21(18-12-8-5-9-13-18)15-19(20)14-17-10-6-4-7-11-17;/h5-14,16-23H,1-4H3;5,8-9,12,15-17H,4,6-7,10-11,14H2,1-3H3;/q2*-1;. The van der Waals surface area contributed by atoms with Gasteiger partial charge in [-0.05, 0) is 64.9 Å². The Labute approximate surface area is 395 Å². The van der Waals surface area contributed by atoms with Crippen LogP contribution in [0.2, 0.25) is 17.3 Å². The Morgan fingerprint density at radius 2 is 1.48 bits per heavy atom. The molecule has 0 amide bonds. The third-order valence-corrected chi connectivity index (χ3v) is 17.0. The monoisotopic (exact) mass is 1080 g/mol. The van der Waals surface area contributed by atoms with Crippen LogP contribution in [-0.2, 0) is 26.5 Å². The molecule has 0 aliphatic heterocycles. The quantitative estimate of drug-likeness (QED) is 0.107. The van der Waals surface area contributed by atoms with Crippen LogP contribution in [0, 0.1) is 18.1 Å². The molecule has 1 aliphatic rings. The minimum Gasteiger partial charge on any atom is 0 e. The number of nitrogens with zero attached hydrogens (tertiary/aromatic N) is 4. The summed E-state index contributed by atoms with van der Waals surface area (Å²) in [7, 11) is 0. The number of fused-ring (bicyclic) bond motifs is 4. The minimum atomic E-state index is -1.89. The van der Waals surface area contributed by atoms with Crippen molar-refractivity contribution in [1.29, 1.82) is 0 Å². The average Bonchev–Trinajstić information content (AvgIpc) is 3.87. The Kier molecular flexibility index (Phi) is 13.9. The second-order valence-corrected chi connectivity index (χ2v) is 29.6. The van der Waals surface area contributed by atoms with Crippen LogP contribution in [0.3, 0.4) is 0 Å². The van der Waals surface area contributed by atoms with Crippen LogP contribution in [0.5, 0.6) is 0 Å².